The molecule has 0 aliphatic carbocycles. The topological polar surface area (TPSA) is 54.3 Å². The Morgan fingerprint density at radius 3 is 2.69 bits per heavy atom. The smallest absolute Gasteiger partial charge is 0.254 e. The van der Waals surface area contributed by atoms with Crippen LogP contribution in [0.5, 0.6) is 0 Å². The summed E-state index contributed by atoms with van der Waals surface area (Å²) in [6.07, 6.45) is 0. The zero-order valence-corrected chi connectivity index (χ0v) is 16.2. The number of rotatable bonds is 3. The molecular formula is C19H23N5OS. The van der Waals surface area contributed by atoms with Crippen LogP contribution in [-0.2, 0) is 13.6 Å². The molecule has 0 radical (unpaired) electrons. The molecule has 0 aromatic carbocycles. The van der Waals surface area contributed by atoms with E-state index in [-0.39, 0.29) is 5.91 Å². The lowest BCUT2D eigenvalue weighted by Gasteiger charge is -2.34. The minimum atomic E-state index is 0.0902. The van der Waals surface area contributed by atoms with E-state index in [1.807, 2.05) is 31.9 Å². The fourth-order valence-electron chi connectivity index (χ4n) is 3.64. The second-order valence-electron chi connectivity index (χ2n) is 6.87. The molecule has 7 heteroatoms. The molecule has 1 amide bonds. The first kappa shape index (κ1) is 17.2. The standard InChI is InChI=1S/C19H23N5OS/c1-13-11-16(17-14(2)21-22(3)18(17)20-13)19(25)24-8-6-23(7-9-24)12-15-5-4-10-26-15/h4-5,10-11H,6-9,12H2,1-3H3. The predicted octanol–water partition coefficient (Wildman–Crippen LogP) is 2.60. The Labute approximate surface area is 157 Å². The number of amides is 1. The van der Waals surface area contributed by atoms with E-state index in [4.69, 9.17) is 0 Å². The largest absolute Gasteiger partial charge is 0.336 e. The number of thiophene rings is 1. The number of carbonyl (C=O) groups is 1. The molecule has 1 saturated heterocycles. The van der Waals surface area contributed by atoms with Gasteiger partial charge in [0.25, 0.3) is 5.91 Å². The molecule has 0 unspecified atom stereocenters. The van der Waals surface area contributed by atoms with Crippen LogP contribution in [0, 0.1) is 13.8 Å². The van der Waals surface area contributed by atoms with E-state index in [0.29, 0.717) is 0 Å². The summed E-state index contributed by atoms with van der Waals surface area (Å²) in [4.78, 5) is 23.5. The number of piperazine rings is 1. The van der Waals surface area contributed by atoms with Crippen LogP contribution in [0.1, 0.15) is 26.6 Å². The highest BCUT2D eigenvalue weighted by molar-refractivity contribution is 7.09. The van der Waals surface area contributed by atoms with Crippen LogP contribution in [0.25, 0.3) is 11.0 Å². The third kappa shape index (κ3) is 3.12. The van der Waals surface area contributed by atoms with Crippen LogP contribution >= 0.6 is 11.3 Å². The van der Waals surface area contributed by atoms with E-state index in [2.05, 4.69) is 32.5 Å². The molecule has 4 rings (SSSR count). The quantitative estimate of drug-likeness (QED) is 0.712. The first-order chi connectivity index (χ1) is 12.5. The summed E-state index contributed by atoms with van der Waals surface area (Å²) < 4.78 is 1.76. The Bertz CT molecular complexity index is 939. The lowest BCUT2D eigenvalue weighted by molar-refractivity contribution is 0.0631. The van der Waals surface area contributed by atoms with Gasteiger partial charge in [0.15, 0.2) is 5.65 Å². The third-order valence-electron chi connectivity index (χ3n) is 4.95. The summed E-state index contributed by atoms with van der Waals surface area (Å²) in [5, 5.41) is 7.44. The third-order valence-corrected chi connectivity index (χ3v) is 5.81. The highest BCUT2D eigenvalue weighted by atomic mass is 32.1. The van der Waals surface area contributed by atoms with Gasteiger partial charge in [-0.05, 0) is 31.4 Å². The van der Waals surface area contributed by atoms with E-state index in [0.717, 1.165) is 60.7 Å². The van der Waals surface area contributed by atoms with Gasteiger partial charge in [0.2, 0.25) is 0 Å². The van der Waals surface area contributed by atoms with Gasteiger partial charge in [-0.15, -0.1) is 11.3 Å². The molecule has 1 fully saturated rings. The predicted molar refractivity (Wildman–Crippen MR) is 103 cm³/mol. The molecule has 0 spiro atoms. The van der Waals surface area contributed by atoms with E-state index < -0.39 is 0 Å². The van der Waals surface area contributed by atoms with Crippen molar-refractivity contribution in [1.29, 1.82) is 0 Å². The van der Waals surface area contributed by atoms with Crippen molar-refractivity contribution >= 4 is 28.3 Å². The lowest BCUT2D eigenvalue weighted by Crippen LogP contribution is -2.48. The molecule has 136 valence electrons. The van der Waals surface area contributed by atoms with E-state index in [1.54, 1.807) is 16.0 Å². The van der Waals surface area contributed by atoms with Gasteiger partial charge in [-0.2, -0.15) is 5.10 Å². The molecule has 3 aromatic heterocycles. The molecule has 3 aromatic rings. The second kappa shape index (κ2) is 6.81. The van der Waals surface area contributed by atoms with E-state index in [9.17, 15) is 4.79 Å². The number of fused-ring (bicyclic) bond motifs is 1. The monoisotopic (exact) mass is 369 g/mol. The molecule has 0 atom stereocenters. The van der Waals surface area contributed by atoms with Crippen LogP contribution in [-0.4, -0.2) is 56.7 Å². The maximum absolute atomic E-state index is 13.2. The maximum Gasteiger partial charge on any atom is 0.254 e. The highest BCUT2D eigenvalue weighted by Crippen LogP contribution is 2.23. The van der Waals surface area contributed by atoms with Crippen molar-refractivity contribution < 1.29 is 4.79 Å². The molecule has 1 aliphatic rings. The van der Waals surface area contributed by atoms with Crippen molar-refractivity contribution in [2.24, 2.45) is 7.05 Å². The minimum absolute atomic E-state index is 0.0902. The SMILES string of the molecule is Cc1cc(C(=O)N2CCN(Cc3cccs3)CC2)c2c(C)nn(C)c2n1. The van der Waals surface area contributed by atoms with Gasteiger partial charge < -0.3 is 4.90 Å². The molecule has 0 bridgehead atoms. The summed E-state index contributed by atoms with van der Waals surface area (Å²) >= 11 is 1.79. The molecule has 0 saturated carbocycles. The zero-order chi connectivity index (χ0) is 18.3. The Morgan fingerprint density at radius 1 is 1.23 bits per heavy atom. The van der Waals surface area contributed by atoms with Gasteiger partial charge in [0.05, 0.1) is 16.6 Å². The zero-order valence-electron chi connectivity index (χ0n) is 15.4. The first-order valence-corrected chi connectivity index (χ1v) is 9.76. The second-order valence-corrected chi connectivity index (χ2v) is 7.90. The number of aromatic nitrogens is 3. The normalized spacial score (nSPS) is 15.7. The maximum atomic E-state index is 13.2. The van der Waals surface area contributed by atoms with Crippen LogP contribution in [0.15, 0.2) is 23.6 Å². The van der Waals surface area contributed by atoms with Gasteiger partial charge in [-0.3, -0.25) is 14.4 Å². The molecule has 6 nitrogen and oxygen atoms in total. The number of hydrogen-bond donors (Lipinski definition) is 0. The summed E-state index contributed by atoms with van der Waals surface area (Å²) in [7, 11) is 1.87. The Morgan fingerprint density at radius 2 is 2.00 bits per heavy atom. The summed E-state index contributed by atoms with van der Waals surface area (Å²) in [5.74, 6) is 0.0902. The molecule has 26 heavy (non-hydrogen) atoms. The number of carbonyl (C=O) groups excluding carboxylic acids is 1. The Balaban J connectivity index is 1.53. The van der Waals surface area contributed by atoms with Crippen LogP contribution in [0.4, 0.5) is 0 Å². The first-order valence-electron chi connectivity index (χ1n) is 8.88. The lowest BCUT2D eigenvalue weighted by atomic mass is 10.1. The van der Waals surface area contributed by atoms with Gasteiger partial charge in [-0.1, -0.05) is 6.07 Å². The van der Waals surface area contributed by atoms with Gasteiger partial charge >= 0.3 is 0 Å². The minimum Gasteiger partial charge on any atom is -0.336 e. The van der Waals surface area contributed by atoms with Gasteiger partial charge in [-0.25, -0.2) is 4.98 Å². The molecule has 0 N–H and O–H groups in total. The number of nitrogens with zero attached hydrogens (tertiary/aromatic N) is 5. The van der Waals surface area contributed by atoms with Crippen molar-refractivity contribution in [2.45, 2.75) is 20.4 Å². The van der Waals surface area contributed by atoms with Crippen molar-refractivity contribution in [1.82, 2.24) is 24.6 Å². The number of pyridine rings is 1. The summed E-state index contributed by atoms with van der Waals surface area (Å²) in [6, 6.07) is 6.16. The fraction of sp³-hybridized carbons (Fsp3) is 0.421. The van der Waals surface area contributed by atoms with Crippen LogP contribution in [0.3, 0.4) is 0 Å². The van der Waals surface area contributed by atoms with Crippen LogP contribution in [0.2, 0.25) is 0 Å². The average Bonchev–Trinajstić information content (AvgIpc) is 3.23. The summed E-state index contributed by atoms with van der Waals surface area (Å²) in [6.45, 7) is 8.16. The molecule has 4 heterocycles. The average molecular weight is 369 g/mol. The van der Waals surface area contributed by atoms with Gasteiger partial charge in [0.1, 0.15) is 0 Å². The van der Waals surface area contributed by atoms with Gasteiger partial charge in [0, 0.05) is 50.3 Å². The highest BCUT2D eigenvalue weighted by Gasteiger charge is 2.25. The molecule has 1 aliphatic heterocycles. The Hall–Kier alpha value is -2.25. The van der Waals surface area contributed by atoms with E-state index >= 15 is 0 Å². The van der Waals surface area contributed by atoms with Crippen molar-refractivity contribution in [3.8, 4) is 0 Å². The fourth-order valence-corrected chi connectivity index (χ4v) is 4.39. The van der Waals surface area contributed by atoms with Crippen molar-refractivity contribution in [3.05, 3.63) is 45.4 Å². The van der Waals surface area contributed by atoms with Crippen molar-refractivity contribution in [3.63, 3.8) is 0 Å². The van der Waals surface area contributed by atoms with Crippen LogP contribution < -0.4 is 0 Å². The molecular weight excluding hydrogens is 346 g/mol. The number of hydrogen-bond acceptors (Lipinski definition) is 5. The summed E-state index contributed by atoms with van der Waals surface area (Å²) in [5.41, 5.74) is 3.21. The number of aryl methyl sites for hydroxylation is 3. The van der Waals surface area contributed by atoms with Crippen molar-refractivity contribution in [2.75, 3.05) is 26.2 Å². The Kier molecular flexibility index (Phi) is 4.50. The van der Waals surface area contributed by atoms with E-state index in [1.165, 1.54) is 4.88 Å².